The topological polar surface area (TPSA) is 34.9 Å². The highest BCUT2D eigenvalue weighted by atomic mass is 16.1. The monoisotopic (exact) mass is 288 g/mol. The summed E-state index contributed by atoms with van der Waals surface area (Å²) in [6, 6.07) is 2.62. The molecule has 116 valence electrons. The van der Waals surface area contributed by atoms with Crippen LogP contribution in [0.4, 0.5) is 0 Å². The molecule has 2 aliphatic carbocycles. The van der Waals surface area contributed by atoms with Crippen molar-refractivity contribution in [2.75, 3.05) is 0 Å². The molecule has 1 aromatic heterocycles. The van der Waals surface area contributed by atoms with Crippen LogP contribution >= 0.6 is 0 Å². The lowest BCUT2D eigenvalue weighted by Gasteiger charge is -2.25. The number of ketones is 1. The SMILES string of the molecule is CC1CCCC(C(=O)Cc2ccn(C3CCCCC3)n2)C1. The van der Waals surface area contributed by atoms with E-state index < -0.39 is 0 Å². The number of nitrogens with zero attached hydrogens (tertiary/aromatic N) is 2. The lowest BCUT2D eigenvalue weighted by Crippen LogP contribution is -2.23. The molecule has 2 aliphatic rings. The largest absolute Gasteiger partial charge is 0.299 e. The molecule has 0 bridgehead atoms. The first-order chi connectivity index (χ1) is 10.2. The molecule has 2 unspecified atom stereocenters. The maximum absolute atomic E-state index is 12.4. The van der Waals surface area contributed by atoms with E-state index in [0.29, 0.717) is 24.2 Å². The van der Waals surface area contributed by atoms with Gasteiger partial charge in [-0.15, -0.1) is 0 Å². The fourth-order valence-corrected chi connectivity index (χ4v) is 4.07. The second kappa shape index (κ2) is 6.76. The highest BCUT2D eigenvalue weighted by Gasteiger charge is 2.25. The van der Waals surface area contributed by atoms with Crippen LogP contribution < -0.4 is 0 Å². The lowest BCUT2D eigenvalue weighted by molar-refractivity contribution is -0.123. The number of carbonyl (C=O) groups excluding carboxylic acids is 1. The molecule has 3 heteroatoms. The number of Topliss-reactive ketones (excluding diaryl/α,β-unsaturated/α-hetero) is 1. The Labute approximate surface area is 128 Å². The molecule has 0 radical (unpaired) electrons. The van der Waals surface area contributed by atoms with Crippen LogP contribution in [0.15, 0.2) is 12.3 Å². The number of carbonyl (C=O) groups is 1. The minimum Gasteiger partial charge on any atom is -0.299 e. The van der Waals surface area contributed by atoms with Crippen molar-refractivity contribution >= 4 is 5.78 Å². The normalized spacial score (nSPS) is 27.7. The number of aromatic nitrogens is 2. The smallest absolute Gasteiger partial charge is 0.141 e. The predicted octanol–water partition coefficient (Wildman–Crippen LogP) is 4.33. The van der Waals surface area contributed by atoms with E-state index in [9.17, 15) is 4.79 Å². The quantitative estimate of drug-likeness (QED) is 0.826. The van der Waals surface area contributed by atoms with Crippen molar-refractivity contribution in [3.8, 4) is 0 Å². The van der Waals surface area contributed by atoms with E-state index in [1.807, 2.05) is 0 Å². The fourth-order valence-electron chi connectivity index (χ4n) is 4.07. The predicted molar refractivity (Wildman–Crippen MR) is 84.2 cm³/mol. The Morgan fingerprint density at radius 2 is 2.00 bits per heavy atom. The summed E-state index contributed by atoms with van der Waals surface area (Å²) >= 11 is 0. The molecule has 0 aromatic carbocycles. The zero-order valence-corrected chi connectivity index (χ0v) is 13.3. The van der Waals surface area contributed by atoms with Crippen LogP contribution in [0.5, 0.6) is 0 Å². The Hall–Kier alpha value is -1.12. The average molecular weight is 288 g/mol. The van der Waals surface area contributed by atoms with E-state index in [-0.39, 0.29) is 5.92 Å². The summed E-state index contributed by atoms with van der Waals surface area (Å²) in [5.41, 5.74) is 0.976. The van der Waals surface area contributed by atoms with Gasteiger partial charge < -0.3 is 0 Å². The molecular formula is C18H28N2O. The first kappa shape index (κ1) is 14.8. The Balaban J connectivity index is 1.57. The second-order valence-corrected chi connectivity index (χ2v) is 7.19. The Bertz CT molecular complexity index is 473. The third kappa shape index (κ3) is 3.75. The highest BCUT2D eigenvalue weighted by Crippen LogP contribution is 2.30. The van der Waals surface area contributed by atoms with Crippen LogP contribution in [0.1, 0.15) is 76.4 Å². The van der Waals surface area contributed by atoms with Crippen molar-refractivity contribution in [2.24, 2.45) is 11.8 Å². The number of hydrogen-bond donors (Lipinski definition) is 0. The molecule has 3 rings (SSSR count). The van der Waals surface area contributed by atoms with Gasteiger partial charge in [0.1, 0.15) is 5.78 Å². The van der Waals surface area contributed by atoms with E-state index in [1.54, 1.807) is 0 Å². The van der Waals surface area contributed by atoms with Crippen LogP contribution in [0.3, 0.4) is 0 Å². The minimum atomic E-state index is 0.286. The molecule has 2 atom stereocenters. The number of rotatable bonds is 4. The van der Waals surface area contributed by atoms with E-state index in [4.69, 9.17) is 0 Å². The van der Waals surface area contributed by atoms with Crippen molar-refractivity contribution in [3.05, 3.63) is 18.0 Å². The van der Waals surface area contributed by atoms with E-state index in [2.05, 4.69) is 29.0 Å². The third-order valence-corrected chi connectivity index (χ3v) is 5.36. The first-order valence-corrected chi connectivity index (χ1v) is 8.79. The second-order valence-electron chi connectivity index (χ2n) is 7.19. The highest BCUT2D eigenvalue weighted by molar-refractivity contribution is 5.82. The summed E-state index contributed by atoms with van der Waals surface area (Å²) in [5.74, 6) is 1.41. The molecule has 0 saturated heterocycles. The third-order valence-electron chi connectivity index (χ3n) is 5.36. The summed E-state index contributed by atoms with van der Waals surface area (Å²) in [6.45, 7) is 2.28. The molecule has 2 saturated carbocycles. The van der Waals surface area contributed by atoms with E-state index in [0.717, 1.165) is 18.5 Å². The molecule has 0 amide bonds. The zero-order chi connectivity index (χ0) is 14.7. The van der Waals surface area contributed by atoms with Gasteiger partial charge in [-0.25, -0.2) is 0 Å². The van der Waals surface area contributed by atoms with Gasteiger partial charge in [0.2, 0.25) is 0 Å². The van der Waals surface area contributed by atoms with Gasteiger partial charge in [-0.3, -0.25) is 9.48 Å². The molecule has 1 heterocycles. The molecule has 3 nitrogen and oxygen atoms in total. The molecular weight excluding hydrogens is 260 g/mol. The van der Waals surface area contributed by atoms with Gasteiger partial charge in [0.15, 0.2) is 0 Å². The Kier molecular flexibility index (Phi) is 4.77. The van der Waals surface area contributed by atoms with Crippen molar-refractivity contribution in [1.82, 2.24) is 9.78 Å². The van der Waals surface area contributed by atoms with Crippen molar-refractivity contribution in [3.63, 3.8) is 0 Å². The van der Waals surface area contributed by atoms with Gasteiger partial charge in [0.05, 0.1) is 18.2 Å². The Morgan fingerprint density at radius 3 is 2.76 bits per heavy atom. The van der Waals surface area contributed by atoms with Crippen molar-refractivity contribution in [1.29, 1.82) is 0 Å². The minimum absolute atomic E-state index is 0.286. The van der Waals surface area contributed by atoms with Crippen LogP contribution in [-0.2, 0) is 11.2 Å². The Morgan fingerprint density at radius 1 is 1.19 bits per heavy atom. The fraction of sp³-hybridized carbons (Fsp3) is 0.778. The summed E-state index contributed by atoms with van der Waals surface area (Å²) in [4.78, 5) is 12.4. The van der Waals surface area contributed by atoms with Crippen LogP contribution in [0.25, 0.3) is 0 Å². The van der Waals surface area contributed by atoms with Gasteiger partial charge in [-0.2, -0.15) is 5.10 Å². The van der Waals surface area contributed by atoms with Gasteiger partial charge in [-0.1, -0.05) is 39.0 Å². The molecule has 21 heavy (non-hydrogen) atoms. The van der Waals surface area contributed by atoms with Crippen LogP contribution in [0, 0.1) is 11.8 Å². The lowest BCUT2D eigenvalue weighted by atomic mass is 9.79. The molecule has 1 aromatic rings. The van der Waals surface area contributed by atoms with Gasteiger partial charge in [0, 0.05) is 12.1 Å². The van der Waals surface area contributed by atoms with Crippen LogP contribution in [-0.4, -0.2) is 15.6 Å². The van der Waals surface area contributed by atoms with E-state index in [1.165, 1.54) is 44.9 Å². The summed E-state index contributed by atoms with van der Waals surface area (Å²) < 4.78 is 2.12. The number of hydrogen-bond acceptors (Lipinski definition) is 2. The average Bonchev–Trinajstić information content (AvgIpc) is 2.97. The summed E-state index contributed by atoms with van der Waals surface area (Å²) in [5, 5.41) is 4.68. The molecule has 2 fully saturated rings. The molecule has 0 N–H and O–H groups in total. The molecule has 0 aliphatic heterocycles. The van der Waals surface area contributed by atoms with Crippen molar-refractivity contribution < 1.29 is 4.79 Å². The van der Waals surface area contributed by atoms with E-state index >= 15 is 0 Å². The zero-order valence-electron chi connectivity index (χ0n) is 13.3. The van der Waals surface area contributed by atoms with Gasteiger partial charge >= 0.3 is 0 Å². The van der Waals surface area contributed by atoms with Gasteiger partial charge in [0.25, 0.3) is 0 Å². The van der Waals surface area contributed by atoms with Gasteiger partial charge in [-0.05, 0) is 37.7 Å². The summed E-state index contributed by atoms with van der Waals surface area (Å²) in [6.07, 6.45) is 13.8. The maximum Gasteiger partial charge on any atom is 0.141 e. The molecule has 0 spiro atoms. The maximum atomic E-state index is 12.4. The van der Waals surface area contributed by atoms with Crippen molar-refractivity contribution in [2.45, 2.75) is 77.2 Å². The summed E-state index contributed by atoms with van der Waals surface area (Å²) in [7, 11) is 0. The first-order valence-electron chi connectivity index (χ1n) is 8.79. The van der Waals surface area contributed by atoms with Crippen LogP contribution in [0.2, 0.25) is 0 Å². The standard InChI is InChI=1S/C18H28N2O/c1-14-6-5-7-15(12-14)18(21)13-16-10-11-20(19-16)17-8-3-2-4-9-17/h10-11,14-15,17H,2-9,12-13H2,1H3.